The van der Waals surface area contributed by atoms with Crippen LogP contribution in [0.25, 0.3) is 0 Å². The van der Waals surface area contributed by atoms with Crippen molar-refractivity contribution in [2.75, 3.05) is 18.4 Å². The highest BCUT2D eigenvalue weighted by molar-refractivity contribution is 7.89. The third kappa shape index (κ3) is 5.79. The van der Waals surface area contributed by atoms with Gasteiger partial charge in [0, 0.05) is 31.2 Å². The molecule has 1 N–H and O–H groups in total. The van der Waals surface area contributed by atoms with Crippen molar-refractivity contribution in [1.82, 2.24) is 9.29 Å². The van der Waals surface area contributed by atoms with E-state index in [0.717, 1.165) is 43.2 Å². The summed E-state index contributed by atoms with van der Waals surface area (Å²) in [6, 6.07) is 15.8. The molecular formula is C25H26ClN3O3S. The van der Waals surface area contributed by atoms with Gasteiger partial charge in [-0.25, -0.2) is 8.42 Å². The summed E-state index contributed by atoms with van der Waals surface area (Å²) in [6.45, 7) is 0.997. The van der Waals surface area contributed by atoms with E-state index >= 15 is 0 Å². The third-order valence-corrected chi connectivity index (χ3v) is 7.98. The van der Waals surface area contributed by atoms with Crippen molar-refractivity contribution in [3.8, 4) is 0 Å². The molecule has 0 saturated carbocycles. The van der Waals surface area contributed by atoms with Gasteiger partial charge < -0.3 is 5.32 Å². The second-order valence-corrected chi connectivity index (χ2v) is 10.5. The van der Waals surface area contributed by atoms with Crippen LogP contribution >= 0.6 is 11.6 Å². The molecule has 4 rings (SSSR count). The summed E-state index contributed by atoms with van der Waals surface area (Å²) in [7, 11) is -3.68. The second-order valence-electron chi connectivity index (χ2n) is 8.14. The number of nitrogens with zero attached hydrogens (tertiary/aromatic N) is 2. The SMILES string of the molecule is O=C(Nc1ccc(Cc2ccncc2)cc1)c1cc(S(=O)(=O)N2CCCCCC2)ccc1Cl. The summed E-state index contributed by atoms with van der Waals surface area (Å²) in [5.41, 5.74) is 2.99. The van der Waals surface area contributed by atoms with Gasteiger partial charge in [0.25, 0.3) is 5.91 Å². The van der Waals surface area contributed by atoms with Gasteiger partial charge >= 0.3 is 0 Å². The van der Waals surface area contributed by atoms with Gasteiger partial charge in [-0.05, 0) is 72.9 Å². The Labute approximate surface area is 199 Å². The molecule has 0 atom stereocenters. The average Bonchev–Trinajstić information content (AvgIpc) is 3.11. The van der Waals surface area contributed by atoms with Crippen LogP contribution in [0.5, 0.6) is 0 Å². The Hall–Kier alpha value is -2.74. The molecule has 3 aromatic rings. The summed E-state index contributed by atoms with van der Waals surface area (Å²) < 4.78 is 27.7. The van der Waals surface area contributed by atoms with E-state index in [1.807, 2.05) is 36.4 Å². The van der Waals surface area contributed by atoms with Gasteiger partial charge in [-0.15, -0.1) is 0 Å². The Balaban J connectivity index is 1.49. The fourth-order valence-corrected chi connectivity index (χ4v) is 5.66. The Kier molecular flexibility index (Phi) is 7.42. The van der Waals surface area contributed by atoms with Crippen LogP contribution in [-0.4, -0.2) is 36.7 Å². The highest BCUT2D eigenvalue weighted by atomic mass is 35.5. The van der Waals surface area contributed by atoms with Crippen LogP contribution in [0.4, 0.5) is 5.69 Å². The minimum Gasteiger partial charge on any atom is -0.322 e. The normalized spacial score (nSPS) is 15.1. The first kappa shape index (κ1) is 23.4. The van der Waals surface area contributed by atoms with Crippen LogP contribution in [0.2, 0.25) is 5.02 Å². The van der Waals surface area contributed by atoms with Gasteiger partial charge in [0.2, 0.25) is 10.0 Å². The zero-order valence-electron chi connectivity index (χ0n) is 18.2. The predicted molar refractivity (Wildman–Crippen MR) is 130 cm³/mol. The molecule has 0 spiro atoms. The van der Waals surface area contributed by atoms with Crippen molar-refractivity contribution in [2.45, 2.75) is 37.0 Å². The van der Waals surface area contributed by atoms with E-state index in [9.17, 15) is 13.2 Å². The molecule has 0 aliphatic carbocycles. The van der Waals surface area contributed by atoms with E-state index in [-0.39, 0.29) is 15.5 Å². The van der Waals surface area contributed by atoms with Gasteiger partial charge in [-0.3, -0.25) is 9.78 Å². The topological polar surface area (TPSA) is 79.4 Å². The monoisotopic (exact) mass is 483 g/mol. The molecule has 2 heterocycles. The second kappa shape index (κ2) is 10.5. The number of amides is 1. The summed E-state index contributed by atoms with van der Waals surface area (Å²) in [4.78, 5) is 17.0. The predicted octanol–water partition coefficient (Wildman–Crippen LogP) is 5.14. The lowest BCUT2D eigenvalue weighted by atomic mass is 10.1. The van der Waals surface area contributed by atoms with E-state index in [1.165, 1.54) is 22.5 Å². The van der Waals surface area contributed by atoms with Crippen LogP contribution in [0.3, 0.4) is 0 Å². The first-order valence-corrected chi connectivity index (χ1v) is 12.8. The molecule has 8 heteroatoms. The van der Waals surface area contributed by atoms with Crippen molar-refractivity contribution in [3.05, 3.63) is 88.7 Å². The van der Waals surface area contributed by atoms with Crippen molar-refractivity contribution >= 4 is 33.2 Å². The largest absolute Gasteiger partial charge is 0.322 e. The number of carbonyl (C=O) groups excluding carboxylic acids is 1. The quantitative estimate of drug-likeness (QED) is 0.526. The number of pyridine rings is 1. The number of rotatable bonds is 6. The summed E-state index contributed by atoms with van der Waals surface area (Å²) in [6.07, 6.45) is 8.03. The molecule has 1 aliphatic rings. The highest BCUT2D eigenvalue weighted by Gasteiger charge is 2.26. The molecule has 1 fully saturated rings. The first-order valence-electron chi connectivity index (χ1n) is 11.0. The Morgan fingerprint density at radius 2 is 1.55 bits per heavy atom. The Bertz CT molecular complexity index is 1210. The molecule has 0 unspecified atom stereocenters. The number of aromatic nitrogens is 1. The van der Waals surface area contributed by atoms with Crippen LogP contribution in [0.15, 0.2) is 71.9 Å². The maximum atomic E-state index is 13.1. The van der Waals surface area contributed by atoms with Crippen LogP contribution in [0, 0.1) is 0 Å². The van der Waals surface area contributed by atoms with Gasteiger partial charge in [-0.2, -0.15) is 4.31 Å². The molecule has 1 amide bonds. The van der Waals surface area contributed by atoms with E-state index in [4.69, 9.17) is 11.6 Å². The maximum Gasteiger partial charge on any atom is 0.257 e. The smallest absolute Gasteiger partial charge is 0.257 e. The van der Waals surface area contributed by atoms with Gasteiger partial charge in [-0.1, -0.05) is 36.6 Å². The Morgan fingerprint density at radius 3 is 2.21 bits per heavy atom. The number of hydrogen-bond donors (Lipinski definition) is 1. The fraction of sp³-hybridized carbons (Fsp3) is 0.280. The van der Waals surface area contributed by atoms with Gasteiger partial charge in [0.15, 0.2) is 0 Å². The standard InChI is InChI=1S/C25H26ClN3O3S/c26-24-10-9-22(33(31,32)29-15-3-1-2-4-16-29)18-23(24)25(30)28-21-7-5-19(6-8-21)17-20-11-13-27-14-12-20/h5-14,18H,1-4,15-17H2,(H,28,30). The number of benzene rings is 2. The number of anilines is 1. The number of nitrogens with one attached hydrogen (secondary N) is 1. The zero-order chi connectivity index (χ0) is 23.3. The van der Waals surface area contributed by atoms with Crippen molar-refractivity contribution in [2.24, 2.45) is 0 Å². The maximum absolute atomic E-state index is 13.1. The van der Waals surface area contributed by atoms with E-state index in [1.54, 1.807) is 12.4 Å². The van der Waals surface area contributed by atoms with E-state index in [2.05, 4.69) is 10.3 Å². The lowest BCUT2D eigenvalue weighted by Crippen LogP contribution is -2.32. The molecule has 172 valence electrons. The molecule has 2 aromatic carbocycles. The molecule has 33 heavy (non-hydrogen) atoms. The third-order valence-electron chi connectivity index (χ3n) is 5.75. The number of carbonyl (C=O) groups is 1. The first-order chi connectivity index (χ1) is 15.9. The van der Waals surface area contributed by atoms with Crippen molar-refractivity contribution in [3.63, 3.8) is 0 Å². The average molecular weight is 484 g/mol. The fourth-order valence-electron chi connectivity index (χ4n) is 3.91. The molecule has 1 aromatic heterocycles. The Morgan fingerprint density at radius 1 is 0.909 bits per heavy atom. The summed E-state index contributed by atoms with van der Waals surface area (Å²) >= 11 is 6.26. The van der Waals surface area contributed by atoms with Crippen molar-refractivity contribution in [1.29, 1.82) is 0 Å². The molecule has 1 aliphatic heterocycles. The zero-order valence-corrected chi connectivity index (χ0v) is 19.8. The van der Waals surface area contributed by atoms with Gasteiger partial charge in [0.1, 0.15) is 0 Å². The molecule has 6 nitrogen and oxygen atoms in total. The number of halogens is 1. The van der Waals surface area contributed by atoms with E-state index in [0.29, 0.717) is 18.8 Å². The lowest BCUT2D eigenvalue weighted by Gasteiger charge is -2.20. The number of sulfonamides is 1. The number of hydrogen-bond acceptors (Lipinski definition) is 4. The van der Waals surface area contributed by atoms with Gasteiger partial charge in [0.05, 0.1) is 15.5 Å². The lowest BCUT2D eigenvalue weighted by molar-refractivity contribution is 0.102. The minimum atomic E-state index is -3.68. The molecular weight excluding hydrogens is 458 g/mol. The van der Waals surface area contributed by atoms with Crippen LogP contribution in [-0.2, 0) is 16.4 Å². The molecule has 1 saturated heterocycles. The molecule has 0 bridgehead atoms. The van der Waals surface area contributed by atoms with Crippen LogP contribution < -0.4 is 5.32 Å². The van der Waals surface area contributed by atoms with Crippen molar-refractivity contribution < 1.29 is 13.2 Å². The highest BCUT2D eigenvalue weighted by Crippen LogP contribution is 2.26. The van der Waals surface area contributed by atoms with Crippen LogP contribution in [0.1, 0.15) is 47.2 Å². The minimum absolute atomic E-state index is 0.0895. The molecule has 0 radical (unpaired) electrons. The summed E-state index contributed by atoms with van der Waals surface area (Å²) in [5.74, 6) is -0.449. The van der Waals surface area contributed by atoms with E-state index < -0.39 is 15.9 Å². The summed E-state index contributed by atoms with van der Waals surface area (Å²) in [5, 5.41) is 3.02.